The Balaban J connectivity index is 2.49. The van der Waals surface area contributed by atoms with Gasteiger partial charge in [-0.25, -0.2) is 0 Å². The van der Waals surface area contributed by atoms with Gasteiger partial charge in [0, 0.05) is 18.8 Å². The van der Waals surface area contributed by atoms with E-state index in [4.69, 9.17) is 0 Å². The molecule has 1 N–H and O–H groups in total. The van der Waals surface area contributed by atoms with Gasteiger partial charge in [0.2, 0.25) is 5.91 Å². The van der Waals surface area contributed by atoms with E-state index < -0.39 is 0 Å². The summed E-state index contributed by atoms with van der Waals surface area (Å²) < 4.78 is 0. The molecular weight excluding hydrogens is 188 g/mol. The van der Waals surface area contributed by atoms with Crippen molar-refractivity contribution in [2.45, 2.75) is 33.2 Å². The molecule has 0 aliphatic rings. The molecule has 0 bridgehead atoms. The van der Waals surface area contributed by atoms with Gasteiger partial charge in [0.1, 0.15) is 0 Å². The van der Waals surface area contributed by atoms with E-state index in [1.165, 1.54) is 0 Å². The van der Waals surface area contributed by atoms with Crippen LogP contribution in [0.4, 0.5) is 0 Å². The Hall–Kier alpha value is -1.38. The summed E-state index contributed by atoms with van der Waals surface area (Å²) in [5.74, 6) is 0.493. The fourth-order valence-corrected chi connectivity index (χ4v) is 1.39. The van der Waals surface area contributed by atoms with E-state index in [2.05, 4.69) is 10.3 Å². The standard InChI is InChI=1S/C12H18N2O/c1-9(2)7-12(15)14-10(3)11-5-4-6-13-8-11/h4-6,8-10H,7H2,1-3H3,(H,14,15)/t10-/m1/s1. The summed E-state index contributed by atoms with van der Waals surface area (Å²) >= 11 is 0. The molecule has 0 radical (unpaired) electrons. The molecule has 3 heteroatoms. The van der Waals surface area contributed by atoms with Gasteiger partial charge in [-0.15, -0.1) is 0 Å². The number of pyridine rings is 1. The second kappa shape index (κ2) is 5.49. The maximum atomic E-state index is 11.5. The number of nitrogens with zero attached hydrogens (tertiary/aromatic N) is 1. The minimum Gasteiger partial charge on any atom is -0.350 e. The topological polar surface area (TPSA) is 42.0 Å². The highest BCUT2D eigenvalue weighted by atomic mass is 16.1. The van der Waals surface area contributed by atoms with Crippen LogP contribution in [-0.4, -0.2) is 10.9 Å². The van der Waals surface area contributed by atoms with Gasteiger partial charge < -0.3 is 5.32 Å². The highest BCUT2D eigenvalue weighted by Gasteiger charge is 2.10. The van der Waals surface area contributed by atoms with Gasteiger partial charge in [-0.2, -0.15) is 0 Å². The SMILES string of the molecule is CC(C)CC(=O)N[C@H](C)c1cccnc1. The van der Waals surface area contributed by atoms with Gasteiger partial charge >= 0.3 is 0 Å². The maximum Gasteiger partial charge on any atom is 0.220 e. The van der Waals surface area contributed by atoms with Crippen LogP contribution in [0.15, 0.2) is 24.5 Å². The second-order valence-corrected chi connectivity index (χ2v) is 4.17. The molecule has 0 fully saturated rings. The first kappa shape index (κ1) is 11.7. The molecule has 0 saturated carbocycles. The zero-order valence-electron chi connectivity index (χ0n) is 9.53. The highest BCUT2D eigenvalue weighted by molar-refractivity contribution is 5.76. The molecule has 0 aromatic carbocycles. The van der Waals surface area contributed by atoms with Crippen molar-refractivity contribution in [1.82, 2.24) is 10.3 Å². The van der Waals surface area contributed by atoms with Crippen LogP contribution in [0.1, 0.15) is 38.8 Å². The van der Waals surface area contributed by atoms with Gasteiger partial charge in [0.05, 0.1) is 6.04 Å². The fourth-order valence-electron chi connectivity index (χ4n) is 1.39. The van der Waals surface area contributed by atoms with Crippen molar-refractivity contribution in [1.29, 1.82) is 0 Å². The Morgan fingerprint density at radius 2 is 2.20 bits per heavy atom. The minimum atomic E-state index is 0.0324. The number of nitrogens with one attached hydrogen (secondary N) is 1. The predicted molar refractivity (Wildman–Crippen MR) is 60.2 cm³/mol. The van der Waals surface area contributed by atoms with Crippen molar-refractivity contribution in [3.8, 4) is 0 Å². The number of rotatable bonds is 4. The molecule has 0 unspecified atom stereocenters. The fraction of sp³-hybridized carbons (Fsp3) is 0.500. The molecule has 3 nitrogen and oxygen atoms in total. The van der Waals surface area contributed by atoms with Crippen LogP contribution in [0, 0.1) is 5.92 Å². The van der Waals surface area contributed by atoms with Gasteiger partial charge in [0.15, 0.2) is 0 Å². The number of amides is 1. The van der Waals surface area contributed by atoms with E-state index in [0.29, 0.717) is 12.3 Å². The number of hydrogen-bond donors (Lipinski definition) is 1. The zero-order valence-corrected chi connectivity index (χ0v) is 9.53. The summed E-state index contributed by atoms with van der Waals surface area (Å²) in [6, 6.07) is 3.87. The van der Waals surface area contributed by atoms with E-state index >= 15 is 0 Å². The van der Waals surface area contributed by atoms with Crippen molar-refractivity contribution in [3.05, 3.63) is 30.1 Å². The number of aromatic nitrogens is 1. The molecule has 1 aromatic rings. The summed E-state index contributed by atoms with van der Waals surface area (Å²) in [5, 5.41) is 2.95. The second-order valence-electron chi connectivity index (χ2n) is 4.17. The van der Waals surface area contributed by atoms with Crippen LogP contribution >= 0.6 is 0 Å². The lowest BCUT2D eigenvalue weighted by atomic mass is 10.1. The lowest BCUT2D eigenvalue weighted by Crippen LogP contribution is -2.27. The molecule has 0 saturated heterocycles. The molecule has 1 heterocycles. The van der Waals surface area contributed by atoms with Crippen molar-refractivity contribution >= 4 is 5.91 Å². The lowest BCUT2D eigenvalue weighted by Gasteiger charge is -2.14. The van der Waals surface area contributed by atoms with Gasteiger partial charge in [-0.05, 0) is 24.5 Å². The van der Waals surface area contributed by atoms with E-state index in [1.54, 1.807) is 12.4 Å². The maximum absolute atomic E-state index is 11.5. The Morgan fingerprint density at radius 3 is 2.73 bits per heavy atom. The summed E-state index contributed by atoms with van der Waals surface area (Å²) in [5.41, 5.74) is 1.04. The molecule has 1 amide bonds. The normalized spacial score (nSPS) is 12.5. The van der Waals surface area contributed by atoms with Crippen molar-refractivity contribution in [2.24, 2.45) is 5.92 Å². The van der Waals surface area contributed by atoms with Gasteiger partial charge in [0.25, 0.3) is 0 Å². The van der Waals surface area contributed by atoms with Crippen LogP contribution in [0.2, 0.25) is 0 Å². The van der Waals surface area contributed by atoms with Crippen LogP contribution in [-0.2, 0) is 4.79 Å². The highest BCUT2D eigenvalue weighted by Crippen LogP contribution is 2.10. The van der Waals surface area contributed by atoms with Crippen LogP contribution in [0.5, 0.6) is 0 Å². The van der Waals surface area contributed by atoms with Gasteiger partial charge in [-0.3, -0.25) is 9.78 Å². The van der Waals surface area contributed by atoms with E-state index in [0.717, 1.165) is 5.56 Å². The molecule has 0 spiro atoms. The molecule has 1 rings (SSSR count). The third-order valence-corrected chi connectivity index (χ3v) is 2.16. The Kier molecular flexibility index (Phi) is 4.28. The Bertz CT molecular complexity index is 309. The monoisotopic (exact) mass is 206 g/mol. The van der Waals surface area contributed by atoms with Crippen molar-refractivity contribution < 1.29 is 4.79 Å². The van der Waals surface area contributed by atoms with Crippen LogP contribution in [0.3, 0.4) is 0 Å². The summed E-state index contributed by atoms with van der Waals surface area (Å²) in [6.07, 6.45) is 4.08. The lowest BCUT2D eigenvalue weighted by molar-refractivity contribution is -0.122. The zero-order chi connectivity index (χ0) is 11.3. The van der Waals surface area contributed by atoms with Crippen molar-refractivity contribution in [2.75, 3.05) is 0 Å². The first-order valence-electron chi connectivity index (χ1n) is 5.29. The summed E-state index contributed by atoms with van der Waals surface area (Å²) in [6.45, 7) is 6.04. The van der Waals surface area contributed by atoms with E-state index in [9.17, 15) is 4.79 Å². The molecule has 1 atom stereocenters. The molecule has 82 valence electrons. The number of carbonyl (C=O) groups is 1. The average Bonchev–Trinajstić information content (AvgIpc) is 2.17. The first-order valence-corrected chi connectivity index (χ1v) is 5.29. The minimum absolute atomic E-state index is 0.0324. The third-order valence-electron chi connectivity index (χ3n) is 2.16. The van der Waals surface area contributed by atoms with Crippen molar-refractivity contribution in [3.63, 3.8) is 0 Å². The average molecular weight is 206 g/mol. The quantitative estimate of drug-likeness (QED) is 0.821. The molecule has 15 heavy (non-hydrogen) atoms. The molecule has 0 aliphatic carbocycles. The molecule has 1 aromatic heterocycles. The summed E-state index contributed by atoms with van der Waals surface area (Å²) in [4.78, 5) is 15.5. The Morgan fingerprint density at radius 1 is 1.47 bits per heavy atom. The van der Waals surface area contributed by atoms with Gasteiger partial charge in [-0.1, -0.05) is 19.9 Å². The summed E-state index contributed by atoms with van der Waals surface area (Å²) in [7, 11) is 0. The third kappa shape index (κ3) is 4.11. The van der Waals surface area contributed by atoms with E-state index in [1.807, 2.05) is 32.9 Å². The number of carbonyl (C=O) groups excluding carboxylic acids is 1. The molecule has 0 aliphatic heterocycles. The molecular formula is C12H18N2O. The van der Waals surface area contributed by atoms with E-state index in [-0.39, 0.29) is 11.9 Å². The Labute approximate surface area is 90.9 Å². The largest absolute Gasteiger partial charge is 0.350 e. The first-order chi connectivity index (χ1) is 7.09. The predicted octanol–water partition coefficient (Wildman–Crippen LogP) is 2.30. The van der Waals surface area contributed by atoms with Crippen LogP contribution < -0.4 is 5.32 Å². The smallest absolute Gasteiger partial charge is 0.220 e. The van der Waals surface area contributed by atoms with Crippen LogP contribution in [0.25, 0.3) is 0 Å². The number of hydrogen-bond acceptors (Lipinski definition) is 2.